The Labute approximate surface area is 122 Å². The largest absolute Gasteiger partial charge is 0.369 e. The standard InChI is InChI=1S/C15H18N4O2/c1-10-7-8-12(13(16)20)9-19(10)15-17-14(21-18-15)11-5-3-2-4-6-11/h2-6,10,12H,7-9H2,1H3,(H2,16,20)/t10-,12+/m1/s1. The third kappa shape index (κ3) is 2.74. The molecule has 110 valence electrons. The van der Waals surface area contributed by atoms with E-state index in [1.54, 1.807) is 0 Å². The SMILES string of the molecule is C[C@@H]1CC[C@H](C(N)=O)CN1c1noc(-c2ccccc2)n1. The third-order valence-corrected chi connectivity index (χ3v) is 3.98. The van der Waals surface area contributed by atoms with Crippen LogP contribution in [-0.2, 0) is 4.79 Å². The van der Waals surface area contributed by atoms with Gasteiger partial charge in [0.15, 0.2) is 0 Å². The lowest BCUT2D eigenvalue weighted by molar-refractivity contribution is -0.122. The fourth-order valence-corrected chi connectivity index (χ4v) is 2.65. The molecule has 0 saturated carbocycles. The molecule has 0 spiro atoms. The Morgan fingerprint density at radius 1 is 1.33 bits per heavy atom. The Morgan fingerprint density at radius 3 is 2.81 bits per heavy atom. The van der Waals surface area contributed by atoms with Crippen LogP contribution >= 0.6 is 0 Å². The minimum atomic E-state index is -0.265. The van der Waals surface area contributed by atoms with Crippen molar-refractivity contribution in [2.24, 2.45) is 11.7 Å². The van der Waals surface area contributed by atoms with E-state index in [4.69, 9.17) is 10.3 Å². The number of rotatable bonds is 3. The minimum absolute atomic E-state index is 0.153. The fraction of sp³-hybridized carbons (Fsp3) is 0.400. The number of anilines is 1. The molecule has 1 amide bonds. The molecule has 2 N–H and O–H groups in total. The van der Waals surface area contributed by atoms with Crippen molar-refractivity contribution in [3.05, 3.63) is 30.3 Å². The maximum Gasteiger partial charge on any atom is 0.266 e. The quantitative estimate of drug-likeness (QED) is 0.930. The number of carbonyl (C=O) groups is 1. The summed E-state index contributed by atoms with van der Waals surface area (Å²) >= 11 is 0. The van der Waals surface area contributed by atoms with Crippen LogP contribution in [0.1, 0.15) is 19.8 Å². The monoisotopic (exact) mass is 286 g/mol. The molecule has 1 aliphatic heterocycles. The highest BCUT2D eigenvalue weighted by atomic mass is 16.5. The maximum atomic E-state index is 11.4. The van der Waals surface area contributed by atoms with Gasteiger partial charge in [-0.05, 0) is 37.1 Å². The molecular formula is C15H18N4O2. The van der Waals surface area contributed by atoms with Gasteiger partial charge in [-0.15, -0.1) is 0 Å². The Kier molecular flexibility index (Phi) is 3.60. The molecule has 1 saturated heterocycles. The Bertz CT molecular complexity index is 626. The first-order chi connectivity index (χ1) is 10.1. The summed E-state index contributed by atoms with van der Waals surface area (Å²) in [6, 6.07) is 9.89. The first-order valence-electron chi connectivity index (χ1n) is 7.10. The van der Waals surface area contributed by atoms with Crippen molar-refractivity contribution in [2.75, 3.05) is 11.4 Å². The number of piperidine rings is 1. The number of carbonyl (C=O) groups excluding carboxylic acids is 1. The van der Waals surface area contributed by atoms with Gasteiger partial charge in [0.2, 0.25) is 5.91 Å². The van der Waals surface area contributed by atoms with E-state index < -0.39 is 0 Å². The van der Waals surface area contributed by atoms with Crippen LogP contribution in [0.4, 0.5) is 5.95 Å². The molecule has 6 nitrogen and oxygen atoms in total. The summed E-state index contributed by atoms with van der Waals surface area (Å²) in [4.78, 5) is 17.8. The van der Waals surface area contributed by atoms with E-state index in [2.05, 4.69) is 17.1 Å². The predicted octanol–water partition coefficient (Wildman–Crippen LogP) is 1.83. The summed E-state index contributed by atoms with van der Waals surface area (Å²) in [6.45, 7) is 2.64. The molecule has 0 bridgehead atoms. The number of benzene rings is 1. The van der Waals surface area contributed by atoms with Crippen LogP contribution in [0.3, 0.4) is 0 Å². The zero-order valence-electron chi connectivity index (χ0n) is 11.9. The number of hydrogen-bond acceptors (Lipinski definition) is 5. The molecule has 2 heterocycles. The third-order valence-electron chi connectivity index (χ3n) is 3.98. The van der Waals surface area contributed by atoms with E-state index in [0.717, 1.165) is 18.4 Å². The molecule has 3 rings (SSSR count). The van der Waals surface area contributed by atoms with Crippen LogP contribution in [0.5, 0.6) is 0 Å². The number of amides is 1. The van der Waals surface area contributed by atoms with Crippen LogP contribution in [0, 0.1) is 5.92 Å². The Balaban J connectivity index is 1.83. The summed E-state index contributed by atoms with van der Waals surface area (Å²) in [6.07, 6.45) is 1.71. The van der Waals surface area contributed by atoms with Crippen LogP contribution in [0.25, 0.3) is 11.5 Å². The van der Waals surface area contributed by atoms with E-state index in [1.165, 1.54) is 0 Å². The van der Waals surface area contributed by atoms with Crippen molar-refractivity contribution in [2.45, 2.75) is 25.8 Å². The highest BCUT2D eigenvalue weighted by Gasteiger charge is 2.31. The highest BCUT2D eigenvalue weighted by Crippen LogP contribution is 2.27. The minimum Gasteiger partial charge on any atom is -0.369 e. The molecule has 2 aromatic rings. The molecule has 0 aliphatic carbocycles. The predicted molar refractivity (Wildman–Crippen MR) is 78.5 cm³/mol. The van der Waals surface area contributed by atoms with Gasteiger partial charge in [-0.3, -0.25) is 4.79 Å². The lowest BCUT2D eigenvalue weighted by atomic mass is 9.93. The Hall–Kier alpha value is -2.37. The van der Waals surface area contributed by atoms with Crippen LogP contribution in [0.15, 0.2) is 34.9 Å². The van der Waals surface area contributed by atoms with E-state index >= 15 is 0 Å². The van der Waals surface area contributed by atoms with Crippen molar-refractivity contribution in [3.63, 3.8) is 0 Å². The summed E-state index contributed by atoms with van der Waals surface area (Å²) in [7, 11) is 0. The molecule has 1 aromatic heterocycles. The normalized spacial score (nSPS) is 22.2. The number of nitrogens with two attached hydrogens (primary N) is 1. The average Bonchev–Trinajstić information content (AvgIpc) is 2.98. The molecule has 21 heavy (non-hydrogen) atoms. The molecule has 1 fully saturated rings. The second kappa shape index (κ2) is 5.55. The second-order valence-corrected chi connectivity index (χ2v) is 5.44. The van der Waals surface area contributed by atoms with Crippen molar-refractivity contribution in [3.8, 4) is 11.5 Å². The maximum absolute atomic E-state index is 11.4. The van der Waals surface area contributed by atoms with E-state index in [0.29, 0.717) is 18.4 Å². The molecule has 6 heteroatoms. The second-order valence-electron chi connectivity index (χ2n) is 5.44. The van der Waals surface area contributed by atoms with Gasteiger partial charge in [-0.2, -0.15) is 4.98 Å². The van der Waals surface area contributed by atoms with Gasteiger partial charge in [0.1, 0.15) is 0 Å². The van der Waals surface area contributed by atoms with Crippen LogP contribution in [-0.4, -0.2) is 28.6 Å². The van der Waals surface area contributed by atoms with E-state index in [1.807, 2.05) is 35.2 Å². The van der Waals surface area contributed by atoms with Gasteiger partial charge >= 0.3 is 0 Å². The first-order valence-corrected chi connectivity index (χ1v) is 7.10. The summed E-state index contributed by atoms with van der Waals surface area (Å²) in [5, 5.41) is 4.05. The number of primary amides is 1. The number of aromatic nitrogens is 2. The highest BCUT2D eigenvalue weighted by molar-refractivity contribution is 5.77. The van der Waals surface area contributed by atoms with Gasteiger partial charge in [0, 0.05) is 18.2 Å². The van der Waals surface area contributed by atoms with Crippen LogP contribution < -0.4 is 10.6 Å². The van der Waals surface area contributed by atoms with Gasteiger partial charge in [-0.25, -0.2) is 0 Å². The van der Waals surface area contributed by atoms with Crippen molar-refractivity contribution >= 4 is 11.9 Å². The first kappa shape index (κ1) is 13.6. The lowest BCUT2D eigenvalue weighted by Gasteiger charge is -2.35. The topological polar surface area (TPSA) is 85.3 Å². The summed E-state index contributed by atoms with van der Waals surface area (Å²) in [5.41, 5.74) is 6.30. The molecule has 1 aliphatic rings. The molecule has 2 atom stereocenters. The summed E-state index contributed by atoms with van der Waals surface area (Å²) < 4.78 is 5.33. The van der Waals surface area contributed by atoms with Crippen molar-refractivity contribution in [1.82, 2.24) is 10.1 Å². The fourth-order valence-electron chi connectivity index (χ4n) is 2.65. The molecule has 0 unspecified atom stereocenters. The van der Waals surface area contributed by atoms with Gasteiger partial charge in [0.05, 0.1) is 5.92 Å². The lowest BCUT2D eigenvalue weighted by Crippen LogP contribution is -2.46. The summed E-state index contributed by atoms with van der Waals surface area (Å²) in [5.74, 6) is 0.588. The Morgan fingerprint density at radius 2 is 2.10 bits per heavy atom. The van der Waals surface area contributed by atoms with Gasteiger partial charge < -0.3 is 15.2 Å². The van der Waals surface area contributed by atoms with Gasteiger partial charge in [-0.1, -0.05) is 18.2 Å². The zero-order valence-corrected chi connectivity index (χ0v) is 11.9. The van der Waals surface area contributed by atoms with Gasteiger partial charge in [0.25, 0.3) is 11.8 Å². The average molecular weight is 286 g/mol. The van der Waals surface area contributed by atoms with Crippen molar-refractivity contribution < 1.29 is 9.32 Å². The molecule has 0 radical (unpaired) electrons. The van der Waals surface area contributed by atoms with Crippen LogP contribution in [0.2, 0.25) is 0 Å². The number of nitrogens with zero attached hydrogens (tertiary/aromatic N) is 3. The smallest absolute Gasteiger partial charge is 0.266 e. The molecular weight excluding hydrogens is 268 g/mol. The molecule has 1 aromatic carbocycles. The number of hydrogen-bond donors (Lipinski definition) is 1. The van der Waals surface area contributed by atoms with E-state index in [9.17, 15) is 4.79 Å². The van der Waals surface area contributed by atoms with Crippen molar-refractivity contribution in [1.29, 1.82) is 0 Å². The zero-order chi connectivity index (χ0) is 14.8. The van der Waals surface area contributed by atoms with E-state index in [-0.39, 0.29) is 17.9 Å².